The number of imidazole rings is 1. The van der Waals surface area contributed by atoms with E-state index in [1.165, 1.54) is 11.1 Å². The number of anilines is 1. The molecule has 0 saturated heterocycles. The van der Waals surface area contributed by atoms with Gasteiger partial charge in [-0.3, -0.25) is 0 Å². The van der Waals surface area contributed by atoms with Gasteiger partial charge in [-0.1, -0.05) is 54.0 Å². The first-order valence-electron chi connectivity index (χ1n) is 8.87. The van der Waals surface area contributed by atoms with E-state index in [4.69, 9.17) is 4.98 Å². The Morgan fingerprint density at radius 1 is 1.04 bits per heavy atom. The number of hydrogen-bond donors (Lipinski definition) is 1. The van der Waals surface area contributed by atoms with Crippen molar-refractivity contribution in [3.8, 4) is 0 Å². The van der Waals surface area contributed by atoms with Gasteiger partial charge in [-0.2, -0.15) is 0 Å². The zero-order chi connectivity index (χ0) is 17.6. The first-order valence-corrected chi connectivity index (χ1v) is 9.66. The molecule has 1 N–H and O–H groups in total. The summed E-state index contributed by atoms with van der Waals surface area (Å²) in [6.07, 6.45) is 0. The fourth-order valence-corrected chi connectivity index (χ4v) is 3.49. The summed E-state index contributed by atoms with van der Waals surface area (Å²) in [6, 6.07) is 16.7. The molecule has 0 spiro atoms. The van der Waals surface area contributed by atoms with E-state index in [0.29, 0.717) is 0 Å². The third-order valence-electron chi connectivity index (χ3n) is 4.53. The first-order chi connectivity index (χ1) is 12.2. The lowest BCUT2D eigenvalue weighted by Gasteiger charge is -2.19. The summed E-state index contributed by atoms with van der Waals surface area (Å²) in [5, 5.41) is 3.52. The molecule has 3 aromatic rings. The number of benzene rings is 2. The average Bonchev–Trinajstić information content (AvgIpc) is 2.99. The highest BCUT2D eigenvalue weighted by Crippen LogP contribution is 2.21. The van der Waals surface area contributed by atoms with Crippen molar-refractivity contribution in [2.75, 3.05) is 25.0 Å². The van der Waals surface area contributed by atoms with Crippen molar-refractivity contribution in [2.24, 2.45) is 0 Å². The molecule has 0 aliphatic carbocycles. The lowest BCUT2D eigenvalue weighted by Crippen LogP contribution is -2.27. The number of rotatable bonds is 8. The minimum Gasteiger partial charge on any atom is -0.352 e. The van der Waals surface area contributed by atoms with Gasteiger partial charge in [0.1, 0.15) is 0 Å². The van der Waals surface area contributed by atoms with E-state index in [0.717, 1.165) is 48.7 Å². The number of aromatic nitrogens is 2. The van der Waals surface area contributed by atoms with Gasteiger partial charge in [0.05, 0.1) is 11.0 Å². The summed E-state index contributed by atoms with van der Waals surface area (Å²) in [5.41, 5.74) is 3.46. The molecule has 0 unspecified atom stereocenters. The molecular formula is C20H27BrCl2N4. The van der Waals surface area contributed by atoms with Crippen molar-refractivity contribution < 1.29 is 0 Å². The summed E-state index contributed by atoms with van der Waals surface area (Å²) < 4.78 is 3.40. The summed E-state index contributed by atoms with van der Waals surface area (Å²) in [7, 11) is 0. The van der Waals surface area contributed by atoms with Crippen LogP contribution in [-0.2, 0) is 13.1 Å². The van der Waals surface area contributed by atoms with Crippen LogP contribution in [0.15, 0.2) is 53.0 Å². The van der Waals surface area contributed by atoms with Crippen LogP contribution in [0.4, 0.5) is 5.95 Å². The maximum Gasteiger partial charge on any atom is 0.204 e. The lowest BCUT2D eigenvalue weighted by molar-refractivity contribution is 0.292. The molecule has 27 heavy (non-hydrogen) atoms. The largest absolute Gasteiger partial charge is 0.352 e. The molecule has 1 aromatic heterocycles. The molecule has 3 rings (SSSR count). The quantitative estimate of drug-likeness (QED) is 0.462. The molecule has 0 fully saturated rings. The van der Waals surface area contributed by atoms with Crippen LogP contribution in [0.3, 0.4) is 0 Å². The fourth-order valence-electron chi connectivity index (χ4n) is 3.05. The second kappa shape index (κ2) is 11.5. The number of nitrogens with one attached hydrogen (secondary N) is 1. The van der Waals surface area contributed by atoms with Crippen molar-refractivity contribution in [2.45, 2.75) is 26.9 Å². The van der Waals surface area contributed by atoms with E-state index in [9.17, 15) is 0 Å². The molecule has 0 amide bonds. The van der Waals surface area contributed by atoms with E-state index in [2.05, 4.69) is 81.0 Å². The number of hydrogen-bond acceptors (Lipinski definition) is 3. The number of fused-ring (bicyclic) bond motifs is 1. The highest BCUT2D eigenvalue weighted by atomic mass is 79.9. The van der Waals surface area contributed by atoms with Gasteiger partial charge >= 0.3 is 0 Å². The van der Waals surface area contributed by atoms with Gasteiger partial charge in [-0.25, -0.2) is 4.98 Å². The second-order valence-electron chi connectivity index (χ2n) is 6.09. The Hall–Kier alpha value is -1.27. The van der Waals surface area contributed by atoms with Gasteiger partial charge in [-0.15, -0.1) is 24.8 Å². The summed E-state index contributed by atoms with van der Waals surface area (Å²) in [6.45, 7) is 9.29. The van der Waals surface area contributed by atoms with Gasteiger partial charge < -0.3 is 14.8 Å². The van der Waals surface area contributed by atoms with Gasteiger partial charge in [0.25, 0.3) is 0 Å². The molecular weight excluding hydrogens is 447 g/mol. The van der Waals surface area contributed by atoms with Gasteiger partial charge in [-0.05, 0) is 42.9 Å². The standard InChI is InChI=1S/C20H25BrN4.2ClH/c1-3-24(4-2)12-13-25-19-11-6-5-10-18(19)23-20(25)22-15-16-8-7-9-17(21)14-16;;/h5-11,14H,3-4,12-13,15H2,1-2H3,(H,22,23);2*1H. The van der Waals surface area contributed by atoms with Crippen LogP contribution in [0.2, 0.25) is 0 Å². The highest BCUT2D eigenvalue weighted by molar-refractivity contribution is 9.10. The Labute approximate surface area is 182 Å². The number of nitrogens with zero attached hydrogens (tertiary/aromatic N) is 3. The molecule has 148 valence electrons. The molecule has 0 radical (unpaired) electrons. The van der Waals surface area contributed by atoms with Gasteiger partial charge in [0.15, 0.2) is 0 Å². The van der Waals surface area contributed by atoms with E-state index < -0.39 is 0 Å². The van der Waals surface area contributed by atoms with Crippen LogP contribution in [0.25, 0.3) is 11.0 Å². The maximum absolute atomic E-state index is 4.80. The predicted molar refractivity (Wildman–Crippen MR) is 123 cm³/mol. The second-order valence-corrected chi connectivity index (χ2v) is 7.00. The molecule has 0 aliphatic heterocycles. The predicted octanol–water partition coefficient (Wildman–Crippen LogP) is 5.60. The molecule has 0 bridgehead atoms. The summed E-state index contributed by atoms with van der Waals surface area (Å²) in [4.78, 5) is 7.24. The zero-order valence-electron chi connectivity index (χ0n) is 15.7. The van der Waals surface area contributed by atoms with Gasteiger partial charge in [0, 0.05) is 24.1 Å². The normalized spacial score (nSPS) is 10.5. The molecule has 0 aliphatic rings. The molecule has 2 aromatic carbocycles. The first kappa shape index (κ1) is 23.8. The maximum atomic E-state index is 4.80. The van der Waals surface area contributed by atoms with E-state index in [1.54, 1.807) is 0 Å². The number of halogens is 3. The molecule has 7 heteroatoms. The number of para-hydroxylation sites is 2. The average molecular weight is 474 g/mol. The van der Waals surface area contributed by atoms with E-state index in [1.807, 2.05) is 12.1 Å². The fraction of sp³-hybridized carbons (Fsp3) is 0.350. The van der Waals surface area contributed by atoms with Crippen molar-refractivity contribution in [3.63, 3.8) is 0 Å². The van der Waals surface area contributed by atoms with E-state index in [-0.39, 0.29) is 24.8 Å². The Morgan fingerprint density at radius 3 is 2.48 bits per heavy atom. The van der Waals surface area contributed by atoms with Crippen LogP contribution in [0, 0.1) is 0 Å². The van der Waals surface area contributed by atoms with Crippen LogP contribution < -0.4 is 5.32 Å². The molecule has 4 nitrogen and oxygen atoms in total. The Balaban J connectivity index is 0.00000182. The summed E-state index contributed by atoms with van der Waals surface area (Å²) in [5.74, 6) is 0.938. The smallest absolute Gasteiger partial charge is 0.204 e. The summed E-state index contributed by atoms with van der Waals surface area (Å²) >= 11 is 3.53. The van der Waals surface area contributed by atoms with Crippen molar-refractivity contribution in [1.82, 2.24) is 14.5 Å². The van der Waals surface area contributed by atoms with Crippen molar-refractivity contribution in [1.29, 1.82) is 0 Å². The van der Waals surface area contributed by atoms with Gasteiger partial charge in [0.2, 0.25) is 5.95 Å². The SMILES string of the molecule is CCN(CC)CCn1c(NCc2cccc(Br)c2)nc2ccccc21.Cl.Cl. The Morgan fingerprint density at radius 2 is 1.78 bits per heavy atom. The van der Waals surface area contributed by atoms with Crippen LogP contribution in [0.5, 0.6) is 0 Å². The highest BCUT2D eigenvalue weighted by Gasteiger charge is 2.11. The van der Waals surface area contributed by atoms with Crippen molar-refractivity contribution in [3.05, 3.63) is 58.6 Å². The lowest BCUT2D eigenvalue weighted by atomic mass is 10.2. The Kier molecular flexibility index (Phi) is 10.2. The monoisotopic (exact) mass is 472 g/mol. The van der Waals surface area contributed by atoms with E-state index >= 15 is 0 Å². The minimum absolute atomic E-state index is 0. The molecule has 0 saturated carbocycles. The Bertz CT molecular complexity index is 834. The molecule has 1 heterocycles. The third-order valence-corrected chi connectivity index (χ3v) is 5.02. The number of likely N-dealkylation sites (N-methyl/N-ethyl adjacent to an activating group) is 1. The molecule has 0 atom stereocenters. The minimum atomic E-state index is 0. The topological polar surface area (TPSA) is 33.1 Å². The van der Waals surface area contributed by atoms with Crippen LogP contribution in [-0.4, -0.2) is 34.1 Å². The van der Waals surface area contributed by atoms with Crippen LogP contribution >= 0.6 is 40.7 Å². The third kappa shape index (κ3) is 6.11. The van der Waals surface area contributed by atoms with Crippen LogP contribution in [0.1, 0.15) is 19.4 Å². The zero-order valence-corrected chi connectivity index (χ0v) is 18.9. The van der Waals surface area contributed by atoms with Crippen molar-refractivity contribution >= 4 is 57.7 Å².